The molecule has 0 bridgehead atoms. The average molecular weight is 474 g/mol. The zero-order chi connectivity index (χ0) is 23.6. The largest absolute Gasteiger partial charge is 0.416 e. The predicted molar refractivity (Wildman–Crippen MR) is 113 cm³/mol. The number of aromatic nitrogens is 2. The number of halogens is 6. The summed E-state index contributed by atoms with van der Waals surface area (Å²) in [5.41, 5.74) is -2.77. The molecule has 0 amide bonds. The van der Waals surface area contributed by atoms with Gasteiger partial charge in [0, 0.05) is 17.8 Å². The van der Waals surface area contributed by atoms with Crippen LogP contribution in [-0.4, -0.2) is 16.0 Å². The molecule has 33 heavy (non-hydrogen) atoms. The first-order chi connectivity index (χ1) is 15.6. The van der Waals surface area contributed by atoms with E-state index in [0.717, 1.165) is 63.5 Å². The number of imidazole rings is 1. The van der Waals surface area contributed by atoms with Crippen molar-refractivity contribution in [2.24, 2.45) is 5.92 Å². The molecule has 2 aliphatic carbocycles. The van der Waals surface area contributed by atoms with E-state index in [4.69, 9.17) is 0 Å². The van der Waals surface area contributed by atoms with Crippen molar-refractivity contribution in [3.05, 3.63) is 41.3 Å². The van der Waals surface area contributed by atoms with Gasteiger partial charge in [-0.1, -0.05) is 38.5 Å². The van der Waals surface area contributed by atoms with E-state index >= 15 is 0 Å². The lowest BCUT2D eigenvalue weighted by atomic mass is 9.82. The van der Waals surface area contributed by atoms with Gasteiger partial charge in [-0.05, 0) is 49.8 Å². The van der Waals surface area contributed by atoms with Crippen molar-refractivity contribution in [3.63, 3.8) is 0 Å². The maximum Gasteiger partial charge on any atom is 0.416 e. The quantitative estimate of drug-likeness (QED) is 0.438. The molecule has 182 valence electrons. The molecule has 0 aliphatic heterocycles. The van der Waals surface area contributed by atoms with E-state index in [1.165, 1.54) is 19.0 Å². The number of aromatic amines is 1. The molecule has 2 N–H and O–H groups in total. The molecule has 9 heteroatoms. The lowest BCUT2D eigenvalue weighted by Crippen LogP contribution is -2.39. The van der Waals surface area contributed by atoms with Crippen LogP contribution in [0.5, 0.6) is 0 Å². The van der Waals surface area contributed by atoms with Gasteiger partial charge in [-0.2, -0.15) is 26.3 Å². The predicted octanol–water partition coefficient (Wildman–Crippen LogP) is 7.66. The third-order valence-corrected chi connectivity index (χ3v) is 6.92. The van der Waals surface area contributed by atoms with Crippen LogP contribution >= 0.6 is 0 Å². The van der Waals surface area contributed by atoms with Gasteiger partial charge < -0.3 is 10.3 Å². The highest BCUT2D eigenvalue weighted by Crippen LogP contribution is 2.39. The van der Waals surface area contributed by atoms with Gasteiger partial charge in [0.2, 0.25) is 0 Å². The Morgan fingerprint density at radius 3 is 1.88 bits per heavy atom. The smallest absolute Gasteiger partial charge is 0.347 e. The third kappa shape index (κ3) is 5.91. The fourth-order valence-corrected chi connectivity index (χ4v) is 5.18. The number of rotatable bonds is 5. The first-order valence-electron chi connectivity index (χ1n) is 11.7. The number of nitrogens with zero attached hydrogens (tertiary/aromatic N) is 1. The van der Waals surface area contributed by atoms with Crippen molar-refractivity contribution in [3.8, 4) is 11.3 Å². The van der Waals surface area contributed by atoms with Crippen molar-refractivity contribution < 1.29 is 26.3 Å². The van der Waals surface area contributed by atoms with Crippen molar-refractivity contribution >= 4 is 0 Å². The molecule has 1 atom stereocenters. The van der Waals surface area contributed by atoms with Crippen molar-refractivity contribution in [2.75, 3.05) is 0 Å². The molecule has 0 radical (unpaired) electrons. The molecule has 4 rings (SSSR count). The third-order valence-electron chi connectivity index (χ3n) is 6.92. The molecule has 1 heterocycles. The highest BCUT2D eigenvalue weighted by Gasteiger charge is 2.37. The number of hydrogen-bond donors (Lipinski definition) is 2. The van der Waals surface area contributed by atoms with Crippen LogP contribution in [0.25, 0.3) is 11.3 Å². The van der Waals surface area contributed by atoms with Crippen LogP contribution in [-0.2, 0) is 12.4 Å². The Morgan fingerprint density at radius 2 is 1.33 bits per heavy atom. The summed E-state index contributed by atoms with van der Waals surface area (Å²) in [4.78, 5) is 7.59. The molecular formula is C24H29F6N3. The molecule has 2 fully saturated rings. The maximum atomic E-state index is 13.3. The highest BCUT2D eigenvalue weighted by molar-refractivity contribution is 5.61. The van der Waals surface area contributed by atoms with E-state index in [0.29, 0.717) is 17.8 Å². The summed E-state index contributed by atoms with van der Waals surface area (Å²) in [6, 6.07) is 1.88. The second-order valence-corrected chi connectivity index (χ2v) is 9.34. The van der Waals surface area contributed by atoms with Crippen LogP contribution in [0.4, 0.5) is 26.3 Å². The topological polar surface area (TPSA) is 40.7 Å². The maximum absolute atomic E-state index is 13.3. The van der Waals surface area contributed by atoms with E-state index in [-0.39, 0.29) is 23.4 Å². The van der Waals surface area contributed by atoms with Crippen LogP contribution in [0.1, 0.15) is 87.2 Å². The average Bonchev–Trinajstić information content (AvgIpc) is 3.27. The van der Waals surface area contributed by atoms with E-state index in [2.05, 4.69) is 15.3 Å². The Morgan fingerprint density at radius 1 is 0.788 bits per heavy atom. The zero-order valence-electron chi connectivity index (χ0n) is 18.3. The van der Waals surface area contributed by atoms with Gasteiger partial charge in [-0.15, -0.1) is 0 Å². The summed E-state index contributed by atoms with van der Waals surface area (Å²) in [7, 11) is 0. The Labute approximate surface area is 189 Å². The Balaban J connectivity index is 1.66. The summed E-state index contributed by atoms with van der Waals surface area (Å²) in [6.07, 6.45) is 2.78. The van der Waals surface area contributed by atoms with Crippen molar-refractivity contribution in [1.82, 2.24) is 15.3 Å². The first-order valence-corrected chi connectivity index (χ1v) is 11.7. The summed E-state index contributed by atoms with van der Waals surface area (Å²) < 4.78 is 79.7. The van der Waals surface area contributed by atoms with Crippen LogP contribution in [0.2, 0.25) is 0 Å². The minimum atomic E-state index is -4.89. The van der Waals surface area contributed by atoms with Crippen LogP contribution in [0, 0.1) is 5.92 Å². The summed E-state index contributed by atoms with van der Waals surface area (Å²) in [5, 5.41) is 3.72. The fraction of sp³-hybridized carbons (Fsp3) is 0.625. The first kappa shape index (κ1) is 24.1. The normalized spacial score (nSPS) is 20.2. The van der Waals surface area contributed by atoms with Crippen LogP contribution in [0.15, 0.2) is 24.4 Å². The lowest BCUT2D eigenvalue weighted by Gasteiger charge is -2.34. The molecule has 2 aromatic rings. The van der Waals surface area contributed by atoms with E-state index in [1.807, 2.05) is 0 Å². The molecule has 2 saturated carbocycles. The summed E-state index contributed by atoms with van der Waals surface area (Å²) in [6.45, 7) is 0. The van der Waals surface area contributed by atoms with Crippen LogP contribution < -0.4 is 5.32 Å². The molecule has 1 aromatic carbocycles. The molecule has 0 unspecified atom stereocenters. The van der Waals surface area contributed by atoms with Crippen molar-refractivity contribution in [1.29, 1.82) is 0 Å². The minimum Gasteiger partial charge on any atom is -0.347 e. The van der Waals surface area contributed by atoms with E-state index < -0.39 is 23.5 Å². The molecule has 3 nitrogen and oxygen atoms in total. The second kappa shape index (κ2) is 9.68. The Kier molecular flexibility index (Phi) is 7.07. The molecule has 1 aromatic heterocycles. The van der Waals surface area contributed by atoms with Gasteiger partial charge in [0.15, 0.2) is 0 Å². The number of H-pyrrole nitrogens is 1. The zero-order valence-corrected chi connectivity index (χ0v) is 18.3. The highest BCUT2D eigenvalue weighted by atomic mass is 19.4. The molecule has 0 saturated heterocycles. The number of alkyl halides is 6. The Bertz CT molecular complexity index is 889. The minimum absolute atomic E-state index is 0.0879. The van der Waals surface area contributed by atoms with Gasteiger partial charge in [-0.25, -0.2) is 4.98 Å². The number of benzene rings is 1. The SMILES string of the molecule is FC(F)(F)c1cc(-c2c[nH]c([C@@H](NC3CCCCC3)C3CCCCC3)n2)cc(C(F)(F)F)c1. The monoisotopic (exact) mass is 473 g/mol. The van der Waals surface area contributed by atoms with Gasteiger partial charge in [0.05, 0.1) is 22.9 Å². The standard InChI is InChI=1S/C24H29F6N3/c25-23(26,27)17-11-16(12-18(13-17)24(28,29)30)20-14-31-22(33-20)21(15-7-3-1-4-8-15)32-19-9-5-2-6-10-19/h11-15,19,21,32H,1-10H2,(H,31,33)/t21-/m0/s1. The Hall–Kier alpha value is -2.03. The van der Waals surface area contributed by atoms with Gasteiger partial charge in [0.25, 0.3) is 0 Å². The molecule has 2 aliphatic rings. The van der Waals surface area contributed by atoms with E-state index in [1.54, 1.807) is 0 Å². The van der Waals surface area contributed by atoms with Gasteiger partial charge in [-0.3, -0.25) is 0 Å². The molecular weight excluding hydrogens is 444 g/mol. The number of hydrogen-bond acceptors (Lipinski definition) is 2. The summed E-state index contributed by atoms with van der Waals surface area (Å²) in [5.74, 6) is 0.931. The van der Waals surface area contributed by atoms with Crippen molar-refractivity contribution in [2.45, 2.75) is 88.6 Å². The molecule has 0 spiro atoms. The summed E-state index contributed by atoms with van der Waals surface area (Å²) >= 11 is 0. The van der Waals surface area contributed by atoms with Gasteiger partial charge >= 0.3 is 12.4 Å². The van der Waals surface area contributed by atoms with E-state index in [9.17, 15) is 26.3 Å². The van der Waals surface area contributed by atoms with Crippen LogP contribution in [0.3, 0.4) is 0 Å². The second-order valence-electron chi connectivity index (χ2n) is 9.34. The fourth-order valence-electron chi connectivity index (χ4n) is 5.18. The van der Waals surface area contributed by atoms with Gasteiger partial charge in [0.1, 0.15) is 5.82 Å². The number of nitrogens with one attached hydrogen (secondary N) is 2. The lowest BCUT2D eigenvalue weighted by molar-refractivity contribution is -0.143.